The molecule has 1 aromatic carbocycles. The first-order valence-electron chi connectivity index (χ1n) is 7.19. The smallest absolute Gasteiger partial charge is 0.181 e. The lowest BCUT2D eigenvalue weighted by atomic mass is 9.85. The molecule has 1 unspecified atom stereocenters. The summed E-state index contributed by atoms with van der Waals surface area (Å²) in [5.41, 5.74) is 2.86. The molecule has 2 aliphatic rings. The van der Waals surface area contributed by atoms with Crippen molar-refractivity contribution in [2.24, 2.45) is 0 Å². The number of ether oxygens (including phenoxy) is 2. The van der Waals surface area contributed by atoms with Crippen LogP contribution in [0.1, 0.15) is 18.3 Å². The molecular weight excluding hydrogens is 268 g/mol. The molecule has 1 spiro atoms. The average Bonchev–Trinajstić information content (AvgIpc) is 2.43. The summed E-state index contributed by atoms with van der Waals surface area (Å²) < 4.78 is 10.7. The van der Waals surface area contributed by atoms with Crippen LogP contribution in [0.25, 0.3) is 10.9 Å². The predicted octanol–water partition coefficient (Wildman–Crippen LogP) is 1.85. The maximum Gasteiger partial charge on any atom is 0.181 e. The number of aromatic nitrogens is 1. The van der Waals surface area contributed by atoms with Gasteiger partial charge in [-0.25, -0.2) is 0 Å². The largest absolute Gasteiger partial charge is 0.371 e. The molecule has 5 nitrogen and oxygen atoms in total. The van der Waals surface area contributed by atoms with Crippen molar-refractivity contribution in [2.75, 3.05) is 31.7 Å². The fourth-order valence-corrected chi connectivity index (χ4v) is 3.17. The van der Waals surface area contributed by atoms with Gasteiger partial charge in [0, 0.05) is 49.5 Å². The van der Waals surface area contributed by atoms with Gasteiger partial charge in [-0.05, 0) is 24.3 Å². The van der Waals surface area contributed by atoms with Crippen LogP contribution in [0.5, 0.6) is 0 Å². The van der Waals surface area contributed by atoms with E-state index < -0.39 is 6.29 Å². The van der Waals surface area contributed by atoms with Gasteiger partial charge in [0.15, 0.2) is 6.29 Å². The van der Waals surface area contributed by atoms with Crippen LogP contribution in [-0.4, -0.2) is 42.5 Å². The maximum atomic E-state index is 9.97. The molecule has 0 amide bonds. The number of anilines is 1. The minimum atomic E-state index is -0.927. The summed E-state index contributed by atoms with van der Waals surface area (Å²) in [5, 5.41) is 10.9. The lowest BCUT2D eigenvalue weighted by molar-refractivity contribution is -0.160. The second-order valence-electron chi connectivity index (χ2n) is 5.83. The van der Waals surface area contributed by atoms with E-state index in [4.69, 9.17) is 9.47 Å². The average molecular weight is 286 g/mol. The molecule has 2 aliphatic heterocycles. The van der Waals surface area contributed by atoms with E-state index in [1.54, 1.807) is 12.3 Å². The molecule has 2 saturated heterocycles. The van der Waals surface area contributed by atoms with Gasteiger partial charge in [-0.3, -0.25) is 4.98 Å². The van der Waals surface area contributed by atoms with E-state index in [0.717, 1.165) is 48.3 Å². The molecular formula is C16H18N2O3. The minimum Gasteiger partial charge on any atom is -0.371 e. The molecule has 21 heavy (non-hydrogen) atoms. The standard InChI is InChI=1S/C16H18N2O3/c1-20-15(19)12-4-6-17-14-3-2-11(8-13(12)14)18-9-16(10-18)5-7-21-16/h2-4,6,8,15,19H,5,7,9-10H2,1H3. The van der Waals surface area contributed by atoms with Crippen LogP contribution in [0.4, 0.5) is 5.69 Å². The van der Waals surface area contributed by atoms with E-state index in [9.17, 15) is 5.11 Å². The fraction of sp³-hybridized carbons (Fsp3) is 0.438. The van der Waals surface area contributed by atoms with Crippen LogP contribution >= 0.6 is 0 Å². The van der Waals surface area contributed by atoms with Crippen LogP contribution in [0, 0.1) is 0 Å². The zero-order valence-electron chi connectivity index (χ0n) is 12.0. The van der Waals surface area contributed by atoms with Gasteiger partial charge in [0.2, 0.25) is 0 Å². The second kappa shape index (κ2) is 4.66. The van der Waals surface area contributed by atoms with Gasteiger partial charge in [0.25, 0.3) is 0 Å². The molecule has 0 saturated carbocycles. The van der Waals surface area contributed by atoms with Gasteiger partial charge < -0.3 is 19.5 Å². The van der Waals surface area contributed by atoms with Crippen LogP contribution in [-0.2, 0) is 9.47 Å². The van der Waals surface area contributed by atoms with E-state index in [-0.39, 0.29) is 5.60 Å². The van der Waals surface area contributed by atoms with Crippen LogP contribution < -0.4 is 4.90 Å². The molecule has 0 radical (unpaired) electrons. The highest BCUT2D eigenvalue weighted by atomic mass is 16.6. The summed E-state index contributed by atoms with van der Waals surface area (Å²) in [6, 6.07) is 7.94. The van der Waals surface area contributed by atoms with Gasteiger partial charge in [-0.15, -0.1) is 0 Å². The number of rotatable bonds is 3. The molecule has 4 rings (SSSR count). The first-order valence-corrected chi connectivity index (χ1v) is 7.19. The van der Waals surface area contributed by atoms with Crippen molar-refractivity contribution in [3.05, 3.63) is 36.0 Å². The Bertz CT molecular complexity index is 676. The minimum absolute atomic E-state index is 0.110. The van der Waals surface area contributed by atoms with Crippen molar-refractivity contribution >= 4 is 16.6 Å². The zero-order chi connectivity index (χ0) is 14.4. The number of hydrogen-bond donors (Lipinski definition) is 1. The second-order valence-corrected chi connectivity index (χ2v) is 5.83. The van der Waals surface area contributed by atoms with Gasteiger partial charge >= 0.3 is 0 Å². The molecule has 2 fully saturated rings. The van der Waals surface area contributed by atoms with Crippen molar-refractivity contribution in [1.29, 1.82) is 0 Å². The summed E-state index contributed by atoms with van der Waals surface area (Å²) in [6.07, 6.45) is 1.93. The number of aliphatic hydroxyl groups is 1. The number of aliphatic hydroxyl groups excluding tert-OH is 1. The Hall–Kier alpha value is -1.69. The Labute approximate surface area is 123 Å². The van der Waals surface area contributed by atoms with Gasteiger partial charge in [0.05, 0.1) is 12.1 Å². The summed E-state index contributed by atoms with van der Waals surface area (Å²) in [5.74, 6) is 0. The molecule has 2 aromatic rings. The summed E-state index contributed by atoms with van der Waals surface area (Å²) >= 11 is 0. The maximum absolute atomic E-state index is 9.97. The summed E-state index contributed by atoms with van der Waals surface area (Å²) in [7, 11) is 1.49. The predicted molar refractivity (Wildman–Crippen MR) is 79.2 cm³/mol. The quantitative estimate of drug-likeness (QED) is 0.873. The molecule has 0 aliphatic carbocycles. The fourth-order valence-electron chi connectivity index (χ4n) is 3.17. The zero-order valence-corrected chi connectivity index (χ0v) is 12.0. The van der Waals surface area contributed by atoms with E-state index in [1.165, 1.54) is 7.11 Å². The summed E-state index contributed by atoms with van der Waals surface area (Å²) in [4.78, 5) is 6.65. The van der Waals surface area contributed by atoms with Crippen LogP contribution in [0.15, 0.2) is 30.5 Å². The van der Waals surface area contributed by atoms with Crippen LogP contribution in [0.2, 0.25) is 0 Å². The third-order valence-electron chi connectivity index (χ3n) is 4.54. The van der Waals surface area contributed by atoms with Crippen LogP contribution in [0.3, 0.4) is 0 Å². The van der Waals surface area contributed by atoms with Gasteiger partial charge in [0.1, 0.15) is 5.60 Å². The van der Waals surface area contributed by atoms with Crippen molar-refractivity contribution in [1.82, 2.24) is 4.98 Å². The first-order chi connectivity index (χ1) is 10.2. The molecule has 3 heterocycles. The number of hydrogen-bond acceptors (Lipinski definition) is 5. The van der Waals surface area contributed by atoms with E-state index >= 15 is 0 Å². The number of pyridine rings is 1. The van der Waals surface area contributed by atoms with Gasteiger partial charge in [-0.1, -0.05) is 0 Å². The Morgan fingerprint density at radius 2 is 2.19 bits per heavy atom. The molecule has 5 heteroatoms. The lowest BCUT2D eigenvalue weighted by Crippen LogP contribution is -2.68. The SMILES string of the molecule is COC(O)c1ccnc2ccc(N3CC4(CCO4)C3)cc12. The first kappa shape index (κ1) is 13.0. The molecule has 1 N–H and O–H groups in total. The Morgan fingerprint density at radius 3 is 2.86 bits per heavy atom. The van der Waals surface area contributed by atoms with Crippen molar-refractivity contribution in [3.63, 3.8) is 0 Å². The van der Waals surface area contributed by atoms with Crippen molar-refractivity contribution in [2.45, 2.75) is 18.3 Å². The Kier molecular flexibility index (Phi) is 2.89. The number of fused-ring (bicyclic) bond motifs is 1. The topological polar surface area (TPSA) is 54.8 Å². The monoisotopic (exact) mass is 286 g/mol. The third kappa shape index (κ3) is 2.00. The van der Waals surface area contributed by atoms with Crippen molar-refractivity contribution < 1.29 is 14.6 Å². The third-order valence-corrected chi connectivity index (χ3v) is 4.54. The van der Waals surface area contributed by atoms with Gasteiger partial charge in [-0.2, -0.15) is 0 Å². The summed E-state index contributed by atoms with van der Waals surface area (Å²) in [6.45, 7) is 2.78. The highest BCUT2D eigenvalue weighted by Gasteiger charge is 2.49. The van der Waals surface area contributed by atoms with E-state index in [2.05, 4.69) is 22.0 Å². The Morgan fingerprint density at radius 1 is 1.38 bits per heavy atom. The normalized spacial score (nSPS) is 21.1. The number of nitrogens with zero attached hydrogens (tertiary/aromatic N) is 2. The molecule has 1 aromatic heterocycles. The number of methoxy groups -OCH3 is 1. The van der Waals surface area contributed by atoms with Crippen molar-refractivity contribution in [3.8, 4) is 0 Å². The van der Waals surface area contributed by atoms with E-state index in [1.807, 2.05) is 6.07 Å². The highest BCUT2D eigenvalue weighted by molar-refractivity contribution is 5.86. The molecule has 110 valence electrons. The lowest BCUT2D eigenvalue weighted by Gasteiger charge is -2.56. The Balaban J connectivity index is 1.68. The number of benzene rings is 1. The molecule has 0 bridgehead atoms. The van der Waals surface area contributed by atoms with E-state index in [0.29, 0.717) is 0 Å². The highest BCUT2D eigenvalue weighted by Crippen LogP contribution is 2.39. The molecule has 1 atom stereocenters.